The Morgan fingerprint density at radius 1 is 1.21 bits per heavy atom. The van der Waals surface area contributed by atoms with Gasteiger partial charge in [0.15, 0.2) is 11.2 Å². The van der Waals surface area contributed by atoms with Gasteiger partial charge in [-0.3, -0.25) is 5.43 Å². The summed E-state index contributed by atoms with van der Waals surface area (Å²) >= 11 is 5.13. The van der Waals surface area contributed by atoms with Gasteiger partial charge in [0.2, 0.25) is 0 Å². The molecule has 0 bridgehead atoms. The summed E-state index contributed by atoms with van der Waals surface area (Å²) in [7, 11) is 0. The highest BCUT2D eigenvalue weighted by atomic mass is 32.1. The molecule has 7 heteroatoms. The van der Waals surface area contributed by atoms with Crippen molar-refractivity contribution in [1.29, 1.82) is 0 Å². The van der Waals surface area contributed by atoms with Crippen molar-refractivity contribution >= 4 is 35.2 Å². The lowest BCUT2D eigenvalue weighted by Crippen LogP contribution is -2.23. The number of hydrogen-bond donors (Lipinski definition) is 3. The lowest BCUT2D eigenvalue weighted by atomic mass is 10.2. The molecular formula is C17H17N3O3S. The van der Waals surface area contributed by atoms with Gasteiger partial charge in [-0.15, -0.1) is 0 Å². The zero-order valence-electron chi connectivity index (χ0n) is 13.0. The van der Waals surface area contributed by atoms with E-state index in [1.807, 2.05) is 30.3 Å². The number of benzene rings is 2. The number of carboxylic acid groups (broad SMARTS) is 1. The second kappa shape index (κ2) is 8.64. The third-order valence-electron chi connectivity index (χ3n) is 2.95. The molecular weight excluding hydrogens is 326 g/mol. The topological polar surface area (TPSA) is 83.0 Å². The van der Waals surface area contributed by atoms with Gasteiger partial charge in [0.1, 0.15) is 5.75 Å². The Morgan fingerprint density at radius 2 is 1.88 bits per heavy atom. The molecule has 0 saturated carbocycles. The zero-order valence-corrected chi connectivity index (χ0v) is 13.8. The van der Waals surface area contributed by atoms with Crippen molar-refractivity contribution in [1.82, 2.24) is 5.43 Å². The smallest absolute Gasteiger partial charge is 0.344 e. The number of thiocarbonyl (C=S) groups is 1. The monoisotopic (exact) mass is 343 g/mol. The van der Waals surface area contributed by atoms with E-state index in [1.54, 1.807) is 30.5 Å². The summed E-state index contributed by atoms with van der Waals surface area (Å²) in [5.74, 6) is -0.527. The minimum Gasteiger partial charge on any atom is -0.479 e. The molecule has 0 saturated heterocycles. The van der Waals surface area contributed by atoms with E-state index in [-0.39, 0.29) is 0 Å². The second-order valence-electron chi connectivity index (χ2n) is 4.86. The van der Waals surface area contributed by atoms with Gasteiger partial charge in [-0.05, 0) is 61.1 Å². The largest absolute Gasteiger partial charge is 0.479 e. The highest BCUT2D eigenvalue weighted by Crippen LogP contribution is 2.13. The number of hydrogen-bond acceptors (Lipinski definition) is 4. The van der Waals surface area contributed by atoms with Crippen molar-refractivity contribution in [3.63, 3.8) is 0 Å². The summed E-state index contributed by atoms with van der Waals surface area (Å²) in [4.78, 5) is 10.7. The maximum absolute atomic E-state index is 10.7. The molecule has 0 spiro atoms. The van der Waals surface area contributed by atoms with E-state index in [4.69, 9.17) is 22.1 Å². The highest BCUT2D eigenvalue weighted by Gasteiger charge is 2.11. The van der Waals surface area contributed by atoms with Crippen LogP contribution in [0.4, 0.5) is 5.69 Å². The number of nitrogens with one attached hydrogen (secondary N) is 2. The molecule has 2 rings (SSSR count). The van der Waals surface area contributed by atoms with Gasteiger partial charge < -0.3 is 15.2 Å². The first-order valence-corrected chi connectivity index (χ1v) is 7.60. The van der Waals surface area contributed by atoms with E-state index in [9.17, 15) is 4.79 Å². The molecule has 24 heavy (non-hydrogen) atoms. The Balaban J connectivity index is 1.83. The van der Waals surface area contributed by atoms with E-state index < -0.39 is 12.1 Å². The van der Waals surface area contributed by atoms with Gasteiger partial charge in [-0.25, -0.2) is 4.79 Å². The summed E-state index contributed by atoms with van der Waals surface area (Å²) in [6.07, 6.45) is 0.705. The number of aliphatic carboxylic acids is 1. The van der Waals surface area contributed by atoms with Gasteiger partial charge in [-0.2, -0.15) is 5.10 Å². The first-order chi connectivity index (χ1) is 11.5. The van der Waals surface area contributed by atoms with Crippen LogP contribution in [0.25, 0.3) is 0 Å². The van der Waals surface area contributed by atoms with Crippen molar-refractivity contribution in [2.45, 2.75) is 13.0 Å². The number of carbonyl (C=O) groups is 1. The van der Waals surface area contributed by atoms with Gasteiger partial charge >= 0.3 is 5.97 Å². The number of ether oxygens (including phenoxy) is 1. The summed E-state index contributed by atoms with van der Waals surface area (Å²) in [5.41, 5.74) is 4.42. The predicted octanol–water partition coefficient (Wildman–Crippen LogP) is 2.86. The molecule has 0 amide bonds. The minimum absolute atomic E-state index is 0.382. The van der Waals surface area contributed by atoms with Crippen LogP contribution in [-0.4, -0.2) is 28.5 Å². The van der Waals surface area contributed by atoms with Crippen LogP contribution in [0.1, 0.15) is 12.5 Å². The molecule has 0 aliphatic rings. The SMILES string of the molecule is C[C@H](Oc1ccc(/C=N\NC(=S)Nc2ccccc2)cc1)C(=O)O. The maximum atomic E-state index is 10.7. The fraction of sp³-hybridized carbons (Fsp3) is 0.118. The van der Waals surface area contributed by atoms with Crippen molar-refractivity contribution < 1.29 is 14.6 Å². The first-order valence-electron chi connectivity index (χ1n) is 7.19. The summed E-state index contributed by atoms with van der Waals surface area (Å²) in [6, 6.07) is 16.4. The minimum atomic E-state index is -1.01. The van der Waals surface area contributed by atoms with E-state index in [1.165, 1.54) is 6.92 Å². The Kier molecular flexibility index (Phi) is 6.27. The van der Waals surface area contributed by atoms with E-state index in [0.717, 1.165) is 11.3 Å². The average Bonchev–Trinajstić information content (AvgIpc) is 2.57. The van der Waals surface area contributed by atoms with Crippen molar-refractivity contribution in [3.05, 3.63) is 60.2 Å². The molecule has 124 valence electrons. The lowest BCUT2D eigenvalue weighted by Gasteiger charge is -2.10. The molecule has 0 heterocycles. The summed E-state index contributed by atoms with van der Waals surface area (Å²) in [6.45, 7) is 1.47. The maximum Gasteiger partial charge on any atom is 0.344 e. The number of carboxylic acids is 1. The van der Waals surface area contributed by atoms with Gasteiger partial charge in [0, 0.05) is 5.69 Å². The van der Waals surface area contributed by atoms with Crippen LogP contribution in [0.15, 0.2) is 59.7 Å². The molecule has 2 aromatic carbocycles. The van der Waals surface area contributed by atoms with Crippen LogP contribution in [0.2, 0.25) is 0 Å². The van der Waals surface area contributed by atoms with Gasteiger partial charge in [0.25, 0.3) is 0 Å². The van der Waals surface area contributed by atoms with E-state index in [0.29, 0.717) is 10.9 Å². The molecule has 0 aromatic heterocycles. The summed E-state index contributed by atoms with van der Waals surface area (Å²) < 4.78 is 5.25. The van der Waals surface area contributed by atoms with Gasteiger partial charge in [-0.1, -0.05) is 18.2 Å². The molecule has 0 unspecified atom stereocenters. The Hall–Kier alpha value is -2.93. The van der Waals surface area contributed by atoms with E-state index >= 15 is 0 Å². The van der Waals surface area contributed by atoms with Crippen LogP contribution < -0.4 is 15.5 Å². The number of anilines is 1. The molecule has 2 aromatic rings. The molecule has 0 aliphatic carbocycles. The predicted molar refractivity (Wildman–Crippen MR) is 97.6 cm³/mol. The second-order valence-corrected chi connectivity index (χ2v) is 5.27. The fourth-order valence-corrected chi connectivity index (χ4v) is 1.90. The summed E-state index contributed by atoms with van der Waals surface area (Å²) in [5, 5.41) is 16.2. The molecule has 0 fully saturated rings. The van der Waals surface area contributed by atoms with Crippen molar-refractivity contribution in [3.8, 4) is 5.75 Å². The van der Waals surface area contributed by atoms with Crippen LogP contribution >= 0.6 is 12.2 Å². The lowest BCUT2D eigenvalue weighted by molar-refractivity contribution is -0.144. The first kappa shape index (κ1) is 17.4. The number of para-hydroxylation sites is 1. The Labute approximate surface area is 145 Å². The Morgan fingerprint density at radius 3 is 2.50 bits per heavy atom. The average molecular weight is 343 g/mol. The van der Waals surface area contributed by atoms with Crippen molar-refractivity contribution in [2.24, 2.45) is 5.10 Å². The standard InChI is InChI=1S/C17H17N3O3S/c1-12(16(21)22)23-15-9-7-13(8-10-15)11-18-20-17(24)19-14-5-3-2-4-6-14/h2-12H,1H3,(H,21,22)(H2,19,20,24)/b18-11-/t12-/m0/s1. The van der Waals surface area contributed by atoms with Crippen LogP contribution in [-0.2, 0) is 4.79 Å². The van der Waals surface area contributed by atoms with Crippen LogP contribution in [0.3, 0.4) is 0 Å². The van der Waals surface area contributed by atoms with Crippen LogP contribution in [0, 0.1) is 0 Å². The number of hydrazone groups is 1. The highest BCUT2D eigenvalue weighted by molar-refractivity contribution is 7.80. The van der Waals surface area contributed by atoms with Crippen molar-refractivity contribution in [2.75, 3.05) is 5.32 Å². The molecule has 0 radical (unpaired) electrons. The number of nitrogens with zero attached hydrogens (tertiary/aromatic N) is 1. The third-order valence-corrected chi connectivity index (χ3v) is 3.15. The van der Waals surface area contributed by atoms with Gasteiger partial charge in [0.05, 0.1) is 6.21 Å². The molecule has 3 N–H and O–H groups in total. The van der Waals surface area contributed by atoms with Crippen LogP contribution in [0.5, 0.6) is 5.75 Å². The number of rotatable bonds is 6. The molecule has 1 atom stereocenters. The normalized spacial score (nSPS) is 11.7. The zero-order chi connectivity index (χ0) is 17.4. The molecule has 6 nitrogen and oxygen atoms in total. The fourth-order valence-electron chi connectivity index (χ4n) is 1.73. The van der Waals surface area contributed by atoms with E-state index in [2.05, 4.69) is 15.8 Å². The third kappa shape index (κ3) is 5.69. The molecule has 0 aliphatic heterocycles. The quantitative estimate of drug-likeness (QED) is 0.425. The Bertz CT molecular complexity index is 718.